The summed E-state index contributed by atoms with van der Waals surface area (Å²) in [6.07, 6.45) is 10.8. The van der Waals surface area contributed by atoms with Crippen molar-refractivity contribution in [2.75, 3.05) is 6.61 Å². The van der Waals surface area contributed by atoms with Crippen LogP contribution in [0.1, 0.15) is 53.1 Å². The average Bonchev–Trinajstić information content (AvgIpc) is 3.30. The van der Waals surface area contributed by atoms with Crippen molar-refractivity contribution in [3.8, 4) is 11.5 Å². The summed E-state index contributed by atoms with van der Waals surface area (Å²) in [6.45, 7) is 9.69. The van der Waals surface area contributed by atoms with E-state index in [9.17, 15) is 4.79 Å². The molecule has 1 atom stereocenters. The zero-order valence-electron chi connectivity index (χ0n) is 20.3. The van der Waals surface area contributed by atoms with Crippen molar-refractivity contribution in [2.45, 2.75) is 59.1 Å². The van der Waals surface area contributed by atoms with Gasteiger partial charge < -0.3 is 19.1 Å². The predicted octanol–water partition coefficient (Wildman–Crippen LogP) is 5.51. The number of nitrogens with zero attached hydrogens (tertiary/aromatic N) is 2. The van der Waals surface area contributed by atoms with E-state index in [1.165, 1.54) is 22.3 Å². The smallest absolute Gasteiger partial charge is 0.328 e. The zero-order valence-corrected chi connectivity index (χ0v) is 20.3. The summed E-state index contributed by atoms with van der Waals surface area (Å²) in [5.74, 6) is 0.702. The third kappa shape index (κ3) is 5.33. The van der Waals surface area contributed by atoms with Crippen LogP contribution in [0, 0.1) is 20.8 Å². The molecule has 1 aliphatic heterocycles. The number of aromatic nitrogens is 2. The van der Waals surface area contributed by atoms with Crippen LogP contribution in [-0.4, -0.2) is 32.8 Å². The van der Waals surface area contributed by atoms with Crippen LogP contribution in [0.15, 0.2) is 49.1 Å². The Hall–Kier alpha value is -3.54. The Labute approximate surface area is 200 Å². The summed E-state index contributed by atoms with van der Waals surface area (Å²) in [5.41, 5.74) is 6.54. The van der Waals surface area contributed by atoms with Crippen LogP contribution in [-0.2, 0) is 17.8 Å². The molecular formula is C28H32N2O4. The Morgan fingerprint density at radius 2 is 2.09 bits per heavy atom. The van der Waals surface area contributed by atoms with Crippen molar-refractivity contribution < 1.29 is 19.4 Å². The number of benzene rings is 2. The number of fused-ring (bicyclic) bond motifs is 1. The van der Waals surface area contributed by atoms with Crippen molar-refractivity contribution in [3.05, 3.63) is 82.4 Å². The van der Waals surface area contributed by atoms with Gasteiger partial charge in [0.15, 0.2) is 0 Å². The van der Waals surface area contributed by atoms with E-state index >= 15 is 0 Å². The number of carboxylic acid groups (broad SMARTS) is 1. The Kier molecular flexibility index (Phi) is 6.77. The Balaban J connectivity index is 1.49. The van der Waals surface area contributed by atoms with Gasteiger partial charge in [-0.05, 0) is 80.5 Å². The van der Waals surface area contributed by atoms with Crippen LogP contribution < -0.4 is 9.47 Å². The minimum atomic E-state index is -0.990. The minimum absolute atomic E-state index is 0.316. The van der Waals surface area contributed by atoms with E-state index in [0.29, 0.717) is 18.9 Å². The fourth-order valence-electron chi connectivity index (χ4n) is 4.49. The number of imidazole rings is 1. The highest BCUT2D eigenvalue weighted by molar-refractivity contribution is 5.85. The highest BCUT2D eigenvalue weighted by Crippen LogP contribution is 2.40. The fourth-order valence-corrected chi connectivity index (χ4v) is 4.49. The Bertz CT molecular complexity index is 1210. The van der Waals surface area contributed by atoms with Gasteiger partial charge in [-0.25, -0.2) is 9.78 Å². The molecule has 0 aliphatic carbocycles. The fraction of sp³-hybridized carbons (Fsp3) is 0.357. The predicted molar refractivity (Wildman–Crippen MR) is 133 cm³/mol. The van der Waals surface area contributed by atoms with Gasteiger partial charge >= 0.3 is 5.97 Å². The van der Waals surface area contributed by atoms with E-state index in [2.05, 4.69) is 38.7 Å². The highest BCUT2D eigenvalue weighted by Gasteiger charge is 2.33. The van der Waals surface area contributed by atoms with E-state index in [0.717, 1.165) is 42.2 Å². The van der Waals surface area contributed by atoms with Gasteiger partial charge in [-0.1, -0.05) is 18.2 Å². The van der Waals surface area contributed by atoms with Gasteiger partial charge in [-0.15, -0.1) is 0 Å². The molecule has 0 amide bonds. The molecule has 0 fully saturated rings. The number of aryl methyl sites for hydroxylation is 2. The molecule has 0 saturated heterocycles. The van der Waals surface area contributed by atoms with E-state index in [1.54, 1.807) is 18.6 Å². The van der Waals surface area contributed by atoms with Crippen molar-refractivity contribution in [2.24, 2.45) is 0 Å². The SMILES string of the molecule is Cc1cc(C)c2c(c1C)OC(C)(CCOc1cc(Cn3ccnc3)ccc1C=CC(=O)O)CC2. The first-order valence-electron chi connectivity index (χ1n) is 11.7. The molecule has 0 saturated carbocycles. The van der Waals surface area contributed by atoms with Crippen LogP contribution >= 0.6 is 0 Å². The molecule has 2 aromatic carbocycles. The molecule has 0 spiro atoms. The lowest BCUT2D eigenvalue weighted by molar-refractivity contribution is -0.131. The number of carbonyl (C=O) groups is 1. The topological polar surface area (TPSA) is 73.6 Å². The number of carboxylic acids is 1. The zero-order chi connectivity index (χ0) is 24.3. The first kappa shape index (κ1) is 23.6. The van der Waals surface area contributed by atoms with Gasteiger partial charge in [0.25, 0.3) is 0 Å². The Morgan fingerprint density at radius 1 is 1.26 bits per heavy atom. The minimum Gasteiger partial charge on any atom is -0.493 e. The van der Waals surface area contributed by atoms with E-state index in [1.807, 2.05) is 29.0 Å². The molecule has 2 heterocycles. The van der Waals surface area contributed by atoms with E-state index in [-0.39, 0.29) is 5.60 Å². The standard InChI is InChI=1S/C28H32N2O4/c1-19-15-20(2)24-9-10-28(4,34-27(24)21(19)3)11-14-33-25-16-22(17-30-13-12-29-18-30)5-6-23(25)7-8-26(31)32/h5-8,12-13,15-16,18H,9-11,14,17H2,1-4H3,(H,31,32). The van der Waals surface area contributed by atoms with Crippen molar-refractivity contribution >= 4 is 12.0 Å². The molecule has 4 rings (SSSR count). The molecule has 1 unspecified atom stereocenters. The van der Waals surface area contributed by atoms with Gasteiger partial charge in [0.05, 0.1) is 12.9 Å². The largest absolute Gasteiger partial charge is 0.493 e. The van der Waals surface area contributed by atoms with E-state index < -0.39 is 5.97 Å². The van der Waals surface area contributed by atoms with Crippen LogP contribution in [0.5, 0.6) is 11.5 Å². The maximum Gasteiger partial charge on any atom is 0.328 e. The van der Waals surface area contributed by atoms with Gasteiger partial charge in [-0.3, -0.25) is 0 Å². The molecular weight excluding hydrogens is 428 g/mol. The number of rotatable bonds is 8. The van der Waals surface area contributed by atoms with Crippen molar-refractivity contribution in [1.29, 1.82) is 0 Å². The second-order valence-corrected chi connectivity index (χ2v) is 9.37. The summed E-state index contributed by atoms with van der Waals surface area (Å²) < 4.78 is 14.8. The molecule has 0 radical (unpaired) electrons. The second-order valence-electron chi connectivity index (χ2n) is 9.37. The number of hydrogen-bond donors (Lipinski definition) is 1. The average molecular weight is 461 g/mol. The summed E-state index contributed by atoms with van der Waals surface area (Å²) in [4.78, 5) is 15.1. The summed E-state index contributed by atoms with van der Waals surface area (Å²) in [5, 5.41) is 9.06. The molecule has 6 nitrogen and oxygen atoms in total. The van der Waals surface area contributed by atoms with Gasteiger partial charge in [-0.2, -0.15) is 0 Å². The molecule has 3 aromatic rings. The van der Waals surface area contributed by atoms with E-state index in [4.69, 9.17) is 14.6 Å². The lowest BCUT2D eigenvalue weighted by Crippen LogP contribution is -2.38. The molecule has 6 heteroatoms. The normalized spacial score (nSPS) is 17.4. The maximum absolute atomic E-state index is 11.0. The summed E-state index contributed by atoms with van der Waals surface area (Å²) in [6, 6.07) is 8.08. The van der Waals surface area contributed by atoms with Crippen LogP contribution in [0.25, 0.3) is 6.08 Å². The lowest BCUT2D eigenvalue weighted by atomic mass is 9.86. The molecule has 34 heavy (non-hydrogen) atoms. The van der Waals surface area contributed by atoms with Crippen molar-refractivity contribution in [1.82, 2.24) is 9.55 Å². The maximum atomic E-state index is 11.0. The third-order valence-corrected chi connectivity index (χ3v) is 6.66. The summed E-state index contributed by atoms with van der Waals surface area (Å²) >= 11 is 0. The Morgan fingerprint density at radius 3 is 2.82 bits per heavy atom. The quantitative estimate of drug-likeness (QED) is 0.449. The second kappa shape index (κ2) is 9.75. The van der Waals surface area contributed by atoms with Crippen LogP contribution in [0.4, 0.5) is 0 Å². The van der Waals surface area contributed by atoms with Gasteiger partial charge in [0.1, 0.15) is 17.1 Å². The number of aliphatic carboxylic acids is 1. The van der Waals surface area contributed by atoms with Crippen LogP contribution in [0.3, 0.4) is 0 Å². The van der Waals surface area contributed by atoms with Gasteiger partial charge in [0, 0.05) is 37.0 Å². The van der Waals surface area contributed by atoms with Gasteiger partial charge in [0.2, 0.25) is 0 Å². The molecule has 1 aromatic heterocycles. The first-order chi connectivity index (χ1) is 16.2. The first-order valence-corrected chi connectivity index (χ1v) is 11.7. The number of hydrogen-bond acceptors (Lipinski definition) is 4. The summed E-state index contributed by atoms with van der Waals surface area (Å²) in [7, 11) is 0. The third-order valence-electron chi connectivity index (χ3n) is 6.66. The highest BCUT2D eigenvalue weighted by atomic mass is 16.5. The van der Waals surface area contributed by atoms with Crippen LogP contribution in [0.2, 0.25) is 0 Å². The van der Waals surface area contributed by atoms with Crippen molar-refractivity contribution in [3.63, 3.8) is 0 Å². The monoisotopic (exact) mass is 460 g/mol. The number of ether oxygens (including phenoxy) is 2. The molecule has 1 aliphatic rings. The molecule has 0 bridgehead atoms. The molecule has 1 N–H and O–H groups in total. The lowest BCUT2D eigenvalue weighted by Gasteiger charge is -2.37. The molecule has 178 valence electrons.